The summed E-state index contributed by atoms with van der Waals surface area (Å²) in [4.78, 5) is 22.7. The number of anilines is 1. The molecule has 14 heteroatoms. The standard InChI is InChI=1S/C25H20Cl2F3N3O5S/c1-2-23(34)31-11-12-32-24(35)15-3-6-17(7-4-15)38-22-10-5-16(26)13-21(22)33-39(36,37)18-8-9-20(27)19(14-18)25(28,29)30/h2-10,13-14,33H,1,11-12H2,(H,31,34)(H,32,35). The van der Waals surface area contributed by atoms with Crippen LogP contribution in [0.5, 0.6) is 11.5 Å². The molecular weight excluding hydrogens is 582 g/mol. The summed E-state index contributed by atoms with van der Waals surface area (Å²) in [7, 11) is -4.51. The van der Waals surface area contributed by atoms with Crippen LogP contribution in [0.1, 0.15) is 15.9 Å². The van der Waals surface area contributed by atoms with Crippen LogP contribution in [0.2, 0.25) is 10.0 Å². The zero-order valence-corrected chi connectivity index (χ0v) is 22.1. The van der Waals surface area contributed by atoms with Crippen LogP contribution in [-0.2, 0) is 21.0 Å². The van der Waals surface area contributed by atoms with Crippen LogP contribution in [0, 0.1) is 0 Å². The van der Waals surface area contributed by atoms with Crippen molar-refractivity contribution in [1.82, 2.24) is 10.6 Å². The van der Waals surface area contributed by atoms with Gasteiger partial charge in [0.15, 0.2) is 5.75 Å². The second-order valence-electron chi connectivity index (χ2n) is 7.76. The summed E-state index contributed by atoms with van der Waals surface area (Å²) >= 11 is 11.6. The first kappa shape index (κ1) is 29.8. The summed E-state index contributed by atoms with van der Waals surface area (Å²) < 4.78 is 73.4. The lowest BCUT2D eigenvalue weighted by Gasteiger charge is -2.15. The first-order chi connectivity index (χ1) is 18.3. The molecule has 0 radical (unpaired) electrons. The zero-order valence-electron chi connectivity index (χ0n) is 19.8. The minimum atomic E-state index is -4.86. The lowest BCUT2D eigenvalue weighted by Crippen LogP contribution is -2.33. The van der Waals surface area contributed by atoms with Gasteiger partial charge in [0, 0.05) is 23.7 Å². The lowest BCUT2D eigenvalue weighted by atomic mass is 10.2. The predicted octanol–water partition coefficient (Wildman–Crippen LogP) is 5.64. The number of alkyl halides is 3. The number of carbonyl (C=O) groups excluding carboxylic acids is 2. The van der Waals surface area contributed by atoms with Gasteiger partial charge >= 0.3 is 6.18 Å². The molecule has 8 nitrogen and oxygen atoms in total. The van der Waals surface area contributed by atoms with E-state index in [9.17, 15) is 31.2 Å². The first-order valence-corrected chi connectivity index (χ1v) is 13.2. The summed E-state index contributed by atoms with van der Waals surface area (Å²) in [6.07, 6.45) is -3.75. The van der Waals surface area contributed by atoms with E-state index >= 15 is 0 Å². The molecule has 0 spiro atoms. The van der Waals surface area contributed by atoms with Crippen LogP contribution in [0.4, 0.5) is 18.9 Å². The highest BCUT2D eigenvalue weighted by Crippen LogP contribution is 2.37. The molecular formula is C25H20Cl2F3N3O5S. The molecule has 2 amide bonds. The minimum absolute atomic E-state index is 0.0110. The number of ether oxygens (including phenoxy) is 1. The predicted molar refractivity (Wildman–Crippen MR) is 141 cm³/mol. The SMILES string of the molecule is C=CC(=O)NCCNC(=O)c1ccc(Oc2ccc(Cl)cc2NS(=O)(=O)c2ccc(Cl)c(C(F)(F)F)c2)cc1. The van der Waals surface area contributed by atoms with Crippen LogP contribution in [0.3, 0.4) is 0 Å². The van der Waals surface area contributed by atoms with Gasteiger partial charge in [-0.1, -0.05) is 29.8 Å². The second-order valence-corrected chi connectivity index (χ2v) is 10.3. The fourth-order valence-corrected chi connectivity index (χ4v) is 4.58. The van der Waals surface area contributed by atoms with Gasteiger partial charge in [0.25, 0.3) is 15.9 Å². The van der Waals surface area contributed by atoms with Gasteiger partial charge in [0.1, 0.15) is 5.75 Å². The van der Waals surface area contributed by atoms with Gasteiger partial charge in [-0.2, -0.15) is 13.2 Å². The third kappa shape index (κ3) is 8.12. The maximum Gasteiger partial charge on any atom is 0.417 e. The molecule has 206 valence electrons. The molecule has 0 saturated heterocycles. The molecule has 39 heavy (non-hydrogen) atoms. The Bertz CT molecular complexity index is 1500. The van der Waals surface area contributed by atoms with Crippen LogP contribution >= 0.6 is 23.2 Å². The fourth-order valence-electron chi connectivity index (χ4n) is 3.10. The van der Waals surface area contributed by atoms with E-state index in [2.05, 4.69) is 21.9 Å². The van der Waals surface area contributed by atoms with Crippen LogP contribution in [0.15, 0.2) is 78.2 Å². The largest absolute Gasteiger partial charge is 0.455 e. The number of halogens is 5. The molecule has 0 saturated carbocycles. The van der Waals surface area contributed by atoms with Crippen molar-refractivity contribution in [3.8, 4) is 11.5 Å². The van der Waals surface area contributed by atoms with E-state index < -0.39 is 37.6 Å². The van der Waals surface area contributed by atoms with E-state index in [4.69, 9.17) is 27.9 Å². The van der Waals surface area contributed by atoms with Crippen molar-refractivity contribution < 1.29 is 35.9 Å². The zero-order chi connectivity index (χ0) is 28.8. The normalized spacial score (nSPS) is 11.4. The van der Waals surface area contributed by atoms with Crippen molar-refractivity contribution in [2.45, 2.75) is 11.1 Å². The number of hydrogen-bond donors (Lipinski definition) is 3. The minimum Gasteiger partial charge on any atom is -0.455 e. The van der Waals surface area contributed by atoms with Crippen LogP contribution in [0.25, 0.3) is 0 Å². The van der Waals surface area contributed by atoms with E-state index in [-0.39, 0.29) is 46.8 Å². The summed E-state index contributed by atoms with van der Waals surface area (Å²) in [5, 5.41) is 4.62. The van der Waals surface area contributed by atoms with Crippen molar-refractivity contribution in [1.29, 1.82) is 0 Å². The molecule has 3 aromatic carbocycles. The molecule has 0 atom stereocenters. The van der Waals surface area contributed by atoms with E-state index in [1.54, 1.807) is 0 Å². The Morgan fingerprint density at radius 2 is 1.62 bits per heavy atom. The number of amides is 2. The van der Waals surface area contributed by atoms with Crippen molar-refractivity contribution >= 4 is 50.7 Å². The molecule has 0 bridgehead atoms. The fraction of sp³-hybridized carbons (Fsp3) is 0.120. The van der Waals surface area contributed by atoms with Gasteiger partial charge in [0.2, 0.25) is 5.91 Å². The van der Waals surface area contributed by atoms with Gasteiger partial charge in [-0.3, -0.25) is 14.3 Å². The molecule has 3 aromatic rings. The average molecular weight is 602 g/mol. The third-order valence-corrected chi connectivity index (χ3v) is 6.91. The molecule has 3 N–H and O–H groups in total. The highest BCUT2D eigenvalue weighted by atomic mass is 35.5. The topological polar surface area (TPSA) is 114 Å². The number of benzene rings is 3. The molecule has 0 aliphatic heterocycles. The molecule has 0 aromatic heterocycles. The van der Waals surface area contributed by atoms with Crippen molar-refractivity contribution in [2.75, 3.05) is 17.8 Å². The van der Waals surface area contributed by atoms with Crippen LogP contribution in [-0.4, -0.2) is 33.3 Å². The Labute approximate surface area is 231 Å². The number of carbonyl (C=O) groups is 2. The maximum atomic E-state index is 13.2. The van der Waals surface area contributed by atoms with Gasteiger partial charge in [-0.25, -0.2) is 8.42 Å². The average Bonchev–Trinajstić information content (AvgIpc) is 2.87. The van der Waals surface area contributed by atoms with Gasteiger partial charge < -0.3 is 15.4 Å². The first-order valence-electron chi connectivity index (χ1n) is 11.0. The Hall–Kier alpha value is -3.74. The number of sulfonamides is 1. The summed E-state index contributed by atoms with van der Waals surface area (Å²) in [5.74, 6) is -0.564. The van der Waals surface area contributed by atoms with Crippen molar-refractivity contribution in [2.24, 2.45) is 0 Å². The van der Waals surface area contributed by atoms with E-state index in [1.807, 2.05) is 0 Å². The van der Waals surface area contributed by atoms with Crippen molar-refractivity contribution in [3.63, 3.8) is 0 Å². The van der Waals surface area contributed by atoms with Gasteiger partial charge in [-0.15, -0.1) is 0 Å². The third-order valence-electron chi connectivity index (χ3n) is 4.98. The molecule has 0 aliphatic rings. The Morgan fingerprint density at radius 3 is 2.26 bits per heavy atom. The Balaban J connectivity index is 1.76. The maximum absolute atomic E-state index is 13.2. The monoisotopic (exact) mass is 601 g/mol. The van der Waals surface area contributed by atoms with E-state index in [0.29, 0.717) is 6.07 Å². The highest BCUT2D eigenvalue weighted by Gasteiger charge is 2.34. The molecule has 0 aliphatic carbocycles. The van der Waals surface area contributed by atoms with Gasteiger partial charge in [0.05, 0.1) is 21.2 Å². The smallest absolute Gasteiger partial charge is 0.417 e. The number of rotatable bonds is 10. The Kier molecular flexibility index (Phi) is 9.49. The van der Waals surface area contributed by atoms with Gasteiger partial charge in [-0.05, 0) is 66.7 Å². The molecule has 0 unspecified atom stereocenters. The summed E-state index contributed by atoms with van der Waals surface area (Å²) in [6, 6.07) is 12.0. The van der Waals surface area contributed by atoms with Crippen LogP contribution < -0.4 is 20.1 Å². The number of hydrogen-bond acceptors (Lipinski definition) is 5. The Morgan fingerprint density at radius 1 is 0.949 bits per heavy atom. The lowest BCUT2D eigenvalue weighted by molar-refractivity contribution is -0.137. The van der Waals surface area contributed by atoms with E-state index in [0.717, 1.165) is 18.2 Å². The quantitative estimate of drug-likeness (QED) is 0.206. The molecule has 3 rings (SSSR count). The number of nitrogens with one attached hydrogen (secondary N) is 3. The second kappa shape index (κ2) is 12.4. The highest BCUT2D eigenvalue weighted by molar-refractivity contribution is 7.92. The molecule has 0 heterocycles. The molecule has 0 fully saturated rings. The van der Waals surface area contributed by atoms with Crippen molar-refractivity contribution in [3.05, 3.63) is 94.5 Å². The summed E-state index contributed by atoms with van der Waals surface area (Å²) in [6.45, 7) is 3.71. The summed E-state index contributed by atoms with van der Waals surface area (Å²) in [5.41, 5.74) is -1.16. The van der Waals surface area contributed by atoms with E-state index in [1.165, 1.54) is 42.5 Å².